The summed E-state index contributed by atoms with van der Waals surface area (Å²) in [7, 11) is 0. The number of hydrogen-bond acceptors (Lipinski definition) is 2. The molecule has 1 aromatic rings. The number of amides is 1. The molecule has 1 heterocycles. The summed E-state index contributed by atoms with van der Waals surface area (Å²) < 4.78 is 13.6. The van der Waals surface area contributed by atoms with Crippen molar-refractivity contribution in [3.05, 3.63) is 29.0 Å². The fourth-order valence-corrected chi connectivity index (χ4v) is 2.45. The van der Waals surface area contributed by atoms with E-state index in [0.29, 0.717) is 11.4 Å². The second kappa shape index (κ2) is 6.55. The van der Waals surface area contributed by atoms with Crippen molar-refractivity contribution in [1.29, 1.82) is 0 Å². The van der Waals surface area contributed by atoms with E-state index in [9.17, 15) is 9.18 Å². The second-order valence-electron chi connectivity index (χ2n) is 4.54. The SMILES string of the molecule is CCC1(C(=O)Nc2ccc(Cl)cc2F)CCCN1.Cl. The monoisotopic (exact) mass is 306 g/mol. The lowest BCUT2D eigenvalue weighted by molar-refractivity contribution is -0.122. The summed E-state index contributed by atoms with van der Waals surface area (Å²) in [4.78, 5) is 12.2. The molecule has 6 heteroatoms. The van der Waals surface area contributed by atoms with Crippen LogP contribution in [-0.4, -0.2) is 18.0 Å². The van der Waals surface area contributed by atoms with Gasteiger partial charge in [-0.3, -0.25) is 4.79 Å². The van der Waals surface area contributed by atoms with Gasteiger partial charge in [0.2, 0.25) is 5.91 Å². The summed E-state index contributed by atoms with van der Waals surface area (Å²) in [5, 5.41) is 6.16. The Morgan fingerprint density at radius 2 is 2.32 bits per heavy atom. The molecule has 0 aromatic heterocycles. The summed E-state index contributed by atoms with van der Waals surface area (Å²) in [6, 6.07) is 4.23. The number of hydrogen-bond donors (Lipinski definition) is 2. The van der Waals surface area contributed by atoms with Crippen molar-refractivity contribution in [2.24, 2.45) is 0 Å². The van der Waals surface area contributed by atoms with Crippen LogP contribution in [0.1, 0.15) is 26.2 Å². The first-order valence-electron chi connectivity index (χ1n) is 6.09. The highest BCUT2D eigenvalue weighted by atomic mass is 35.5. The number of halogens is 3. The summed E-state index contributed by atoms with van der Waals surface area (Å²) in [6.07, 6.45) is 2.43. The molecule has 1 unspecified atom stereocenters. The van der Waals surface area contributed by atoms with Gasteiger partial charge < -0.3 is 10.6 Å². The fourth-order valence-electron chi connectivity index (χ4n) is 2.30. The standard InChI is InChI=1S/C13H16ClFN2O.ClH/c1-2-13(6-3-7-16-13)12(18)17-11-5-4-9(14)8-10(11)15;/h4-5,8,16H,2-3,6-7H2,1H3,(H,17,18);1H. The van der Waals surface area contributed by atoms with Crippen LogP contribution in [-0.2, 0) is 4.79 Å². The molecule has 1 aliphatic rings. The Morgan fingerprint density at radius 3 is 2.84 bits per heavy atom. The van der Waals surface area contributed by atoms with Crippen LogP contribution in [0.15, 0.2) is 18.2 Å². The number of nitrogens with one attached hydrogen (secondary N) is 2. The molecule has 1 fully saturated rings. The van der Waals surface area contributed by atoms with E-state index in [-0.39, 0.29) is 24.0 Å². The number of rotatable bonds is 3. The molecule has 1 aliphatic heterocycles. The number of carbonyl (C=O) groups is 1. The minimum atomic E-state index is -0.563. The van der Waals surface area contributed by atoms with E-state index < -0.39 is 11.4 Å². The lowest BCUT2D eigenvalue weighted by Gasteiger charge is -2.26. The minimum Gasteiger partial charge on any atom is -0.322 e. The molecule has 1 saturated heterocycles. The van der Waals surface area contributed by atoms with Gasteiger partial charge in [-0.25, -0.2) is 4.39 Å². The zero-order valence-electron chi connectivity index (χ0n) is 10.6. The molecular weight excluding hydrogens is 290 g/mol. The van der Waals surface area contributed by atoms with Gasteiger partial charge in [-0.15, -0.1) is 12.4 Å². The Bertz CT molecular complexity index is 462. The topological polar surface area (TPSA) is 41.1 Å². The molecule has 106 valence electrons. The van der Waals surface area contributed by atoms with Crippen molar-refractivity contribution in [2.75, 3.05) is 11.9 Å². The largest absolute Gasteiger partial charge is 0.322 e. The van der Waals surface area contributed by atoms with Gasteiger partial charge in [0.25, 0.3) is 0 Å². The van der Waals surface area contributed by atoms with E-state index in [4.69, 9.17) is 11.6 Å². The molecule has 0 spiro atoms. The molecule has 0 bridgehead atoms. The van der Waals surface area contributed by atoms with Gasteiger partial charge in [0.05, 0.1) is 11.2 Å². The molecule has 1 aromatic carbocycles. The van der Waals surface area contributed by atoms with E-state index in [2.05, 4.69) is 10.6 Å². The third-order valence-corrected chi connectivity index (χ3v) is 3.70. The van der Waals surface area contributed by atoms with Gasteiger partial charge in [-0.1, -0.05) is 18.5 Å². The molecule has 2 N–H and O–H groups in total. The lowest BCUT2D eigenvalue weighted by atomic mass is 9.93. The zero-order valence-corrected chi connectivity index (χ0v) is 12.2. The maximum Gasteiger partial charge on any atom is 0.244 e. The van der Waals surface area contributed by atoms with Gasteiger partial charge in [0.1, 0.15) is 5.82 Å². The average molecular weight is 307 g/mol. The quantitative estimate of drug-likeness (QED) is 0.899. The highest BCUT2D eigenvalue weighted by molar-refractivity contribution is 6.30. The van der Waals surface area contributed by atoms with E-state index in [1.165, 1.54) is 12.1 Å². The number of carbonyl (C=O) groups excluding carboxylic acids is 1. The molecule has 2 rings (SSSR count). The lowest BCUT2D eigenvalue weighted by Crippen LogP contribution is -2.50. The van der Waals surface area contributed by atoms with Crippen molar-refractivity contribution in [3.63, 3.8) is 0 Å². The molecule has 19 heavy (non-hydrogen) atoms. The Balaban J connectivity index is 0.00000180. The van der Waals surface area contributed by atoms with Gasteiger partial charge in [-0.05, 0) is 44.0 Å². The van der Waals surface area contributed by atoms with Crippen LogP contribution in [0, 0.1) is 5.82 Å². The Labute approximate surface area is 123 Å². The van der Waals surface area contributed by atoms with Crippen LogP contribution in [0.4, 0.5) is 10.1 Å². The zero-order chi connectivity index (χ0) is 13.2. The predicted octanol–water partition coefficient (Wildman–Crippen LogP) is 3.37. The van der Waals surface area contributed by atoms with E-state index in [1.807, 2.05) is 6.92 Å². The van der Waals surface area contributed by atoms with Crippen LogP contribution < -0.4 is 10.6 Å². The van der Waals surface area contributed by atoms with Crippen LogP contribution >= 0.6 is 24.0 Å². The highest BCUT2D eigenvalue weighted by Crippen LogP contribution is 2.26. The summed E-state index contributed by atoms with van der Waals surface area (Å²) in [5.41, 5.74) is -0.391. The normalized spacial score (nSPS) is 21.8. The molecular formula is C13H17Cl2FN2O. The Hall–Kier alpha value is -0.840. The minimum absolute atomic E-state index is 0. The summed E-state index contributed by atoms with van der Waals surface area (Å²) >= 11 is 5.67. The fraction of sp³-hybridized carbons (Fsp3) is 0.462. The van der Waals surface area contributed by atoms with Crippen LogP contribution in [0.5, 0.6) is 0 Å². The van der Waals surface area contributed by atoms with Crippen molar-refractivity contribution in [1.82, 2.24) is 5.32 Å². The van der Waals surface area contributed by atoms with Crippen molar-refractivity contribution < 1.29 is 9.18 Å². The molecule has 3 nitrogen and oxygen atoms in total. The average Bonchev–Trinajstić information content (AvgIpc) is 2.82. The first-order chi connectivity index (χ1) is 8.57. The third kappa shape index (κ3) is 3.38. The van der Waals surface area contributed by atoms with E-state index in [1.54, 1.807) is 6.07 Å². The van der Waals surface area contributed by atoms with Crippen molar-refractivity contribution in [2.45, 2.75) is 31.7 Å². The molecule has 1 amide bonds. The molecule has 0 radical (unpaired) electrons. The molecule has 1 atom stereocenters. The Kier molecular flexibility index (Phi) is 5.59. The van der Waals surface area contributed by atoms with Gasteiger partial charge >= 0.3 is 0 Å². The van der Waals surface area contributed by atoms with E-state index in [0.717, 1.165) is 19.4 Å². The number of benzene rings is 1. The van der Waals surface area contributed by atoms with Gasteiger partial charge in [-0.2, -0.15) is 0 Å². The molecule has 0 aliphatic carbocycles. The first kappa shape index (κ1) is 16.2. The summed E-state index contributed by atoms with van der Waals surface area (Å²) in [5.74, 6) is -0.691. The second-order valence-corrected chi connectivity index (χ2v) is 4.98. The smallest absolute Gasteiger partial charge is 0.244 e. The summed E-state index contributed by atoms with van der Waals surface area (Å²) in [6.45, 7) is 2.78. The predicted molar refractivity (Wildman–Crippen MR) is 77.5 cm³/mol. The van der Waals surface area contributed by atoms with Gasteiger partial charge in [0.15, 0.2) is 0 Å². The Morgan fingerprint density at radius 1 is 1.58 bits per heavy atom. The van der Waals surface area contributed by atoms with Crippen LogP contribution in [0.3, 0.4) is 0 Å². The maximum atomic E-state index is 13.6. The molecule has 0 saturated carbocycles. The van der Waals surface area contributed by atoms with Crippen molar-refractivity contribution >= 4 is 35.6 Å². The van der Waals surface area contributed by atoms with E-state index >= 15 is 0 Å². The van der Waals surface area contributed by atoms with Crippen molar-refractivity contribution in [3.8, 4) is 0 Å². The number of anilines is 1. The first-order valence-corrected chi connectivity index (χ1v) is 6.47. The third-order valence-electron chi connectivity index (χ3n) is 3.46. The van der Waals surface area contributed by atoms with Crippen LogP contribution in [0.25, 0.3) is 0 Å². The maximum absolute atomic E-state index is 13.6. The van der Waals surface area contributed by atoms with Gasteiger partial charge in [0, 0.05) is 5.02 Å². The highest BCUT2D eigenvalue weighted by Gasteiger charge is 2.39. The van der Waals surface area contributed by atoms with Crippen LogP contribution in [0.2, 0.25) is 5.02 Å².